The molecule has 0 saturated heterocycles. The molecule has 1 saturated carbocycles. The maximum Gasteiger partial charge on any atom is 0.0986 e. The molecule has 1 aromatic heterocycles. The van der Waals surface area contributed by atoms with Crippen LogP contribution in [0.5, 0.6) is 0 Å². The predicted octanol–water partition coefficient (Wildman–Crippen LogP) is 2.61. The Kier molecular flexibility index (Phi) is 2.87. The number of nitrogens with zero attached hydrogens (tertiary/aromatic N) is 1. The van der Waals surface area contributed by atoms with Gasteiger partial charge in [-0.15, -0.1) is 11.3 Å². The molecule has 0 amide bonds. The molecule has 1 heterocycles. The van der Waals surface area contributed by atoms with Crippen LogP contribution >= 0.6 is 11.3 Å². The molecule has 0 aromatic carbocycles. The minimum atomic E-state index is 0.573. The fourth-order valence-electron chi connectivity index (χ4n) is 1.52. The van der Waals surface area contributed by atoms with Crippen molar-refractivity contribution in [1.82, 2.24) is 4.90 Å². The van der Waals surface area contributed by atoms with Crippen LogP contribution in [0.4, 0.5) is 0 Å². The summed E-state index contributed by atoms with van der Waals surface area (Å²) in [4.78, 5) is 3.51. The van der Waals surface area contributed by atoms with Crippen LogP contribution in [0.15, 0.2) is 17.5 Å². The zero-order valence-corrected chi connectivity index (χ0v) is 9.31. The minimum Gasteiger partial charge on any atom is -0.363 e. The van der Waals surface area contributed by atoms with Gasteiger partial charge < -0.3 is 4.90 Å². The molecule has 1 aromatic rings. The SMILES string of the molecule is CN(CCc1cccs1)C(=N)C1CC1. The lowest BCUT2D eigenvalue weighted by Crippen LogP contribution is -2.29. The van der Waals surface area contributed by atoms with Gasteiger partial charge >= 0.3 is 0 Å². The first-order valence-corrected chi connectivity index (χ1v) is 5.97. The lowest BCUT2D eigenvalue weighted by molar-refractivity contribution is 0.491. The second kappa shape index (κ2) is 4.13. The maximum atomic E-state index is 7.87. The van der Waals surface area contributed by atoms with Gasteiger partial charge in [0.05, 0.1) is 5.84 Å². The third-order valence-electron chi connectivity index (χ3n) is 2.65. The molecule has 14 heavy (non-hydrogen) atoms. The normalized spacial score (nSPS) is 15.5. The first-order valence-electron chi connectivity index (χ1n) is 5.09. The molecule has 2 rings (SSSR count). The number of hydrogen-bond acceptors (Lipinski definition) is 2. The highest BCUT2D eigenvalue weighted by atomic mass is 32.1. The Hall–Kier alpha value is -0.830. The van der Waals surface area contributed by atoms with E-state index in [1.807, 2.05) is 7.05 Å². The van der Waals surface area contributed by atoms with Crippen molar-refractivity contribution in [2.24, 2.45) is 5.92 Å². The molecule has 0 bridgehead atoms. The molecule has 1 aliphatic carbocycles. The second-order valence-corrected chi connectivity index (χ2v) is 4.94. The van der Waals surface area contributed by atoms with Crippen LogP contribution < -0.4 is 0 Å². The lowest BCUT2D eigenvalue weighted by Gasteiger charge is -2.19. The van der Waals surface area contributed by atoms with E-state index in [1.54, 1.807) is 11.3 Å². The van der Waals surface area contributed by atoms with E-state index in [1.165, 1.54) is 17.7 Å². The number of nitrogens with one attached hydrogen (secondary N) is 1. The molecule has 2 nitrogen and oxygen atoms in total. The first kappa shape index (κ1) is 9.71. The Morgan fingerprint density at radius 2 is 2.43 bits per heavy atom. The molecule has 1 aliphatic rings. The van der Waals surface area contributed by atoms with E-state index < -0.39 is 0 Å². The summed E-state index contributed by atoms with van der Waals surface area (Å²) >= 11 is 1.80. The summed E-state index contributed by atoms with van der Waals surface area (Å²) in [6.07, 6.45) is 3.52. The molecule has 0 unspecified atom stereocenters. The average Bonchev–Trinajstić information content (AvgIpc) is 2.91. The van der Waals surface area contributed by atoms with E-state index in [0.717, 1.165) is 18.8 Å². The van der Waals surface area contributed by atoms with Gasteiger partial charge in [-0.1, -0.05) is 6.07 Å². The van der Waals surface area contributed by atoms with E-state index in [2.05, 4.69) is 22.4 Å². The van der Waals surface area contributed by atoms with E-state index in [4.69, 9.17) is 5.41 Å². The fraction of sp³-hybridized carbons (Fsp3) is 0.545. The van der Waals surface area contributed by atoms with E-state index in [0.29, 0.717) is 5.92 Å². The average molecular weight is 208 g/mol. The van der Waals surface area contributed by atoms with E-state index in [-0.39, 0.29) is 0 Å². The Morgan fingerprint density at radius 3 is 3.00 bits per heavy atom. The molecule has 3 heteroatoms. The summed E-state index contributed by atoms with van der Waals surface area (Å²) in [5.41, 5.74) is 0. The molecule has 0 atom stereocenters. The summed E-state index contributed by atoms with van der Waals surface area (Å²) < 4.78 is 0. The second-order valence-electron chi connectivity index (χ2n) is 3.91. The molecule has 76 valence electrons. The van der Waals surface area contributed by atoms with Gasteiger partial charge in [0, 0.05) is 24.4 Å². The topological polar surface area (TPSA) is 27.1 Å². The van der Waals surface area contributed by atoms with Gasteiger partial charge in [-0.05, 0) is 30.7 Å². The van der Waals surface area contributed by atoms with Crippen molar-refractivity contribution in [3.05, 3.63) is 22.4 Å². The Labute approximate surface area is 89.1 Å². The highest BCUT2D eigenvalue weighted by Crippen LogP contribution is 2.30. The predicted molar refractivity (Wildman–Crippen MR) is 61.1 cm³/mol. The molecule has 0 spiro atoms. The zero-order chi connectivity index (χ0) is 9.97. The van der Waals surface area contributed by atoms with Crippen LogP contribution in [0.3, 0.4) is 0 Å². The van der Waals surface area contributed by atoms with Gasteiger partial charge in [-0.25, -0.2) is 0 Å². The van der Waals surface area contributed by atoms with Crippen molar-refractivity contribution < 1.29 is 0 Å². The van der Waals surface area contributed by atoms with Crippen LogP contribution in [0.2, 0.25) is 0 Å². The van der Waals surface area contributed by atoms with Crippen LogP contribution in [-0.2, 0) is 6.42 Å². The van der Waals surface area contributed by atoms with Gasteiger partial charge in [-0.3, -0.25) is 5.41 Å². The van der Waals surface area contributed by atoms with Gasteiger partial charge in [0.15, 0.2) is 0 Å². The smallest absolute Gasteiger partial charge is 0.0986 e. The van der Waals surface area contributed by atoms with Crippen LogP contribution in [0, 0.1) is 11.3 Å². The highest BCUT2D eigenvalue weighted by Gasteiger charge is 2.28. The standard InChI is InChI=1S/C11H16N2S/c1-13(11(12)9-4-5-9)7-6-10-3-2-8-14-10/h2-3,8-9,12H,4-7H2,1H3. The fourth-order valence-corrected chi connectivity index (χ4v) is 2.22. The number of amidine groups is 1. The summed E-state index contributed by atoms with van der Waals surface area (Å²) in [5, 5.41) is 9.98. The monoisotopic (exact) mass is 208 g/mol. The van der Waals surface area contributed by atoms with Crippen molar-refractivity contribution in [2.45, 2.75) is 19.3 Å². The minimum absolute atomic E-state index is 0.573. The van der Waals surface area contributed by atoms with Gasteiger partial charge in [-0.2, -0.15) is 0 Å². The summed E-state index contributed by atoms with van der Waals surface area (Å²) in [5.74, 6) is 1.41. The van der Waals surface area contributed by atoms with Gasteiger partial charge in [0.1, 0.15) is 0 Å². The Balaban J connectivity index is 1.77. The van der Waals surface area contributed by atoms with Crippen LogP contribution in [0.25, 0.3) is 0 Å². The number of likely N-dealkylation sites (N-methyl/N-ethyl adjacent to an activating group) is 1. The molecule has 0 radical (unpaired) electrons. The third kappa shape index (κ3) is 2.35. The first-order chi connectivity index (χ1) is 6.77. The van der Waals surface area contributed by atoms with Crippen LogP contribution in [0.1, 0.15) is 17.7 Å². The number of thiophene rings is 1. The van der Waals surface area contributed by atoms with Crippen molar-refractivity contribution in [3.63, 3.8) is 0 Å². The highest BCUT2D eigenvalue weighted by molar-refractivity contribution is 7.09. The van der Waals surface area contributed by atoms with Gasteiger partial charge in [0.25, 0.3) is 0 Å². The third-order valence-corrected chi connectivity index (χ3v) is 3.59. The lowest BCUT2D eigenvalue weighted by atomic mass is 10.3. The van der Waals surface area contributed by atoms with Crippen molar-refractivity contribution >= 4 is 17.2 Å². The van der Waals surface area contributed by atoms with E-state index in [9.17, 15) is 0 Å². The van der Waals surface area contributed by atoms with Crippen molar-refractivity contribution in [2.75, 3.05) is 13.6 Å². The van der Waals surface area contributed by atoms with Gasteiger partial charge in [0.2, 0.25) is 0 Å². The number of rotatable bonds is 4. The quantitative estimate of drug-likeness (QED) is 0.597. The molecule has 1 N–H and O–H groups in total. The van der Waals surface area contributed by atoms with E-state index >= 15 is 0 Å². The largest absolute Gasteiger partial charge is 0.363 e. The molecular weight excluding hydrogens is 192 g/mol. The number of hydrogen-bond donors (Lipinski definition) is 1. The molecule has 1 fully saturated rings. The Morgan fingerprint density at radius 1 is 1.64 bits per heavy atom. The Bertz CT molecular complexity index is 301. The van der Waals surface area contributed by atoms with Crippen molar-refractivity contribution in [1.29, 1.82) is 5.41 Å². The van der Waals surface area contributed by atoms with Crippen LogP contribution in [-0.4, -0.2) is 24.3 Å². The zero-order valence-electron chi connectivity index (χ0n) is 8.49. The summed E-state index contributed by atoms with van der Waals surface area (Å²) in [6.45, 7) is 0.982. The summed E-state index contributed by atoms with van der Waals surface area (Å²) in [7, 11) is 2.04. The molecule has 0 aliphatic heterocycles. The van der Waals surface area contributed by atoms with Crippen molar-refractivity contribution in [3.8, 4) is 0 Å². The summed E-state index contributed by atoms with van der Waals surface area (Å²) in [6, 6.07) is 4.26. The maximum absolute atomic E-state index is 7.87. The molecular formula is C11H16N2S.